The fourth-order valence-corrected chi connectivity index (χ4v) is 5.61. The van der Waals surface area contributed by atoms with Crippen LogP contribution in [0, 0.1) is 0 Å². The van der Waals surface area contributed by atoms with Crippen LogP contribution < -0.4 is 5.32 Å². The molecule has 1 unspecified atom stereocenters. The number of aliphatic carboxylic acids is 1. The third kappa shape index (κ3) is 3.20. The molecule has 1 aromatic rings. The maximum absolute atomic E-state index is 13.0. The summed E-state index contributed by atoms with van der Waals surface area (Å²) in [4.78, 5) is 39.0. The highest BCUT2D eigenvalue weighted by molar-refractivity contribution is 8.01. The lowest BCUT2D eigenvalue weighted by molar-refractivity contribution is -0.142. The normalized spacial score (nSPS) is 24.1. The van der Waals surface area contributed by atoms with Crippen molar-refractivity contribution in [2.75, 3.05) is 12.0 Å². The van der Waals surface area contributed by atoms with E-state index in [4.69, 9.17) is 0 Å². The molecule has 0 radical (unpaired) electrons. The summed E-state index contributed by atoms with van der Waals surface area (Å²) in [5, 5.41) is 11.8. The van der Waals surface area contributed by atoms with Crippen molar-refractivity contribution in [3.63, 3.8) is 0 Å². The number of carboxylic acid groups (broad SMARTS) is 1. The first-order chi connectivity index (χ1) is 12.3. The van der Waals surface area contributed by atoms with Gasteiger partial charge in [-0.05, 0) is 43.9 Å². The number of hydrogen-bond acceptors (Lipinski definition) is 5. The maximum atomic E-state index is 13.0. The molecular weight excluding hydrogens is 372 g/mol. The average molecular weight is 395 g/mol. The van der Waals surface area contributed by atoms with Gasteiger partial charge in [0.1, 0.15) is 17.5 Å². The number of thioether (sulfide) groups is 2. The summed E-state index contributed by atoms with van der Waals surface area (Å²) >= 11 is 3.10. The first-order valence-electron chi connectivity index (χ1n) is 8.39. The molecule has 3 rings (SSSR count). The monoisotopic (exact) mass is 394 g/mol. The van der Waals surface area contributed by atoms with Gasteiger partial charge in [-0.2, -0.15) is 11.8 Å². The SMILES string of the molecule is CSCC[C@H](NC(=O)[C@H]1N2C(=O)c3ccccc3C2SC1(C)C)C(=O)O. The largest absolute Gasteiger partial charge is 0.480 e. The molecule has 2 aliphatic heterocycles. The van der Waals surface area contributed by atoms with E-state index in [1.54, 1.807) is 22.7 Å². The third-order valence-corrected chi connectivity index (χ3v) is 6.95. The minimum atomic E-state index is -1.05. The maximum Gasteiger partial charge on any atom is 0.326 e. The highest BCUT2D eigenvalue weighted by Crippen LogP contribution is 2.56. The Hall–Kier alpha value is -1.67. The van der Waals surface area contributed by atoms with E-state index in [2.05, 4.69) is 5.32 Å². The van der Waals surface area contributed by atoms with Crippen molar-refractivity contribution in [1.29, 1.82) is 0 Å². The summed E-state index contributed by atoms with van der Waals surface area (Å²) in [6.45, 7) is 3.85. The summed E-state index contributed by atoms with van der Waals surface area (Å²) in [6.07, 6.45) is 2.24. The zero-order valence-electron chi connectivity index (χ0n) is 14.9. The number of benzene rings is 1. The number of carboxylic acids is 1. The van der Waals surface area contributed by atoms with E-state index in [-0.39, 0.29) is 11.3 Å². The fraction of sp³-hybridized carbons (Fsp3) is 0.500. The van der Waals surface area contributed by atoms with Crippen LogP contribution in [-0.4, -0.2) is 56.6 Å². The average Bonchev–Trinajstić information content (AvgIpc) is 3.01. The molecule has 2 aliphatic rings. The Balaban J connectivity index is 1.86. The van der Waals surface area contributed by atoms with Crippen LogP contribution in [0.15, 0.2) is 24.3 Å². The molecule has 140 valence electrons. The van der Waals surface area contributed by atoms with Crippen LogP contribution in [-0.2, 0) is 9.59 Å². The number of carbonyl (C=O) groups excluding carboxylic acids is 2. The van der Waals surface area contributed by atoms with E-state index in [0.29, 0.717) is 17.7 Å². The molecule has 2 heterocycles. The van der Waals surface area contributed by atoms with Gasteiger partial charge in [0.25, 0.3) is 5.91 Å². The number of rotatable bonds is 6. The van der Waals surface area contributed by atoms with E-state index in [9.17, 15) is 19.5 Å². The van der Waals surface area contributed by atoms with Gasteiger partial charge in [0.2, 0.25) is 5.91 Å². The molecule has 6 nitrogen and oxygen atoms in total. The molecule has 0 saturated carbocycles. The molecule has 0 bridgehead atoms. The second-order valence-corrected chi connectivity index (χ2v) is 9.68. The number of amides is 2. The Kier molecular flexibility index (Phi) is 5.25. The van der Waals surface area contributed by atoms with Crippen molar-refractivity contribution in [2.45, 2.75) is 42.5 Å². The van der Waals surface area contributed by atoms with Gasteiger partial charge in [0, 0.05) is 10.3 Å². The molecule has 8 heteroatoms. The van der Waals surface area contributed by atoms with Crippen LogP contribution in [0.1, 0.15) is 41.6 Å². The molecule has 26 heavy (non-hydrogen) atoms. The van der Waals surface area contributed by atoms with Gasteiger partial charge >= 0.3 is 5.97 Å². The van der Waals surface area contributed by atoms with Crippen molar-refractivity contribution in [1.82, 2.24) is 10.2 Å². The first kappa shape index (κ1) is 19.1. The van der Waals surface area contributed by atoms with Crippen LogP contribution in [0.4, 0.5) is 0 Å². The molecule has 0 spiro atoms. The highest BCUT2D eigenvalue weighted by Gasteiger charge is 2.57. The van der Waals surface area contributed by atoms with Crippen LogP contribution in [0.3, 0.4) is 0 Å². The number of carbonyl (C=O) groups is 3. The molecular formula is C18H22N2O4S2. The molecule has 2 amide bonds. The number of nitrogens with one attached hydrogen (secondary N) is 1. The van der Waals surface area contributed by atoms with Gasteiger partial charge in [-0.15, -0.1) is 11.8 Å². The van der Waals surface area contributed by atoms with Crippen LogP contribution in [0.5, 0.6) is 0 Å². The van der Waals surface area contributed by atoms with Crippen molar-refractivity contribution < 1.29 is 19.5 Å². The Morgan fingerprint density at radius 3 is 2.73 bits per heavy atom. The van der Waals surface area contributed by atoms with Gasteiger partial charge < -0.3 is 15.3 Å². The van der Waals surface area contributed by atoms with Crippen LogP contribution >= 0.6 is 23.5 Å². The minimum absolute atomic E-state index is 0.167. The topological polar surface area (TPSA) is 86.7 Å². The van der Waals surface area contributed by atoms with Crippen molar-refractivity contribution >= 4 is 41.3 Å². The first-order valence-corrected chi connectivity index (χ1v) is 10.7. The number of fused-ring (bicyclic) bond motifs is 3. The molecule has 2 N–H and O–H groups in total. The van der Waals surface area contributed by atoms with Gasteiger partial charge in [-0.3, -0.25) is 9.59 Å². The van der Waals surface area contributed by atoms with Crippen LogP contribution in [0.25, 0.3) is 0 Å². The lowest BCUT2D eigenvalue weighted by Gasteiger charge is -2.30. The predicted octanol–water partition coefficient (Wildman–Crippen LogP) is 2.36. The summed E-state index contributed by atoms with van der Waals surface area (Å²) in [5.41, 5.74) is 1.54. The van der Waals surface area contributed by atoms with E-state index in [1.807, 2.05) is 38.3 Å². The second-order valence-electron chi connectivity index (χ2n) is 6.96. The van der Waals surface area contributed by atoms with Gasteiger partial charge in [-0.1, -0.05) is 18.2 Å². The molecule has 1 fully saturated rings. The van der Waals surface area contributed by atoms with Crippen molar-refractivity contribution in [3.8, 4) is 0 Å². The van der Waals surface area contributed by atoms with Crippen molar-refractivity contribution in [2.24, 2.45) is 0 Å². The Morgan fingerprint density at radius 1 is 1.38 bits per heavy atom. The predicted molar refractivity (Wildman–Crippen MR) is 103 cm³/mol. The molecule has 1 saturated heterocycles. The lowest BCUT2D eigenvalue weighted by atomic mass is 10.00. The standard InChI is InChI=1S/C18H22N2O4S2/c1-18(2)13(14(21)19-12(17(23)24)8-9-25-3)20-15(22)10-6-4-5-7-11(10)16(20)26-18/h4-7,12-13,16H,8-9H2,1-3H3,(H,19,21)(H,23,24)/t12-,13+,16?/m0/s1. The van der Waals surface area contributed by atoms with E-state index in [0.717, 1.165) is 5.56 Å². The van der Waals surface area contributed by atoms with Gasteiger partial charge in [0.15, 0.2) is 0 Å². The Bertz CT molecular complexity index is 752. The molecule has 0 aliphatic carbocycles. The Labute approximate surface area is 161 Å². The number of hydrogen-bond donors (Lipinski definition) is 2. The minimum Gasteiger partial charge on any atom is -0.480 e. The molecule has 0 aromatic heterocycles. The third-order valence-electron chi connectivity index (χ3n) is 4.77. The highest BCUT2D eigenvalue weighted by atomic mass is 32.2. The molecule has 1 aromatic carbocycles. The summed E-state index contributed by atoms with van der Waals surface area (Å²) in [5.74, 6) is -0.987. The summed E-state index contributed by atoms with van der Waals surface area (Å²) in [7, 11) is 0. The zero-order valence-corrected chi connectivity index (χ0v) is 16.5. The lowest BCUT2D eigenvalue weighted by Crippen LogP contribution is -2.55. The second kappa shape index (κ2) is 7.15. The van der Waals surface area contributed by atoms with E-state index >= 15 is 0 Å². The molecule has 3 atom stereocenters. The van der Waals surface area contributed by atoms with E-state index in [1.165, 1.54) is 11.8 Å². The fourth-order valence-electron chi connectivity index (χ4n) is 3.55. The number of nitrogens with zero attached hydrogens (tertiary/aromatic N) is 1. The quantitative estimate of drug-likeness (QED) is 0.770. The zero-order chi connectivity index (χ0) is 19.1. The summed E-state index contributed by atoms with van der Waals surface area (Å²) in [6, 6.07) is 5.73. The van der Waals surface area contributed by atoms with Crippen molar-refractivity contribution in [3.05, 3.63) is 35.4 Å². The summed E-state index contributed by atoms with van der Waals surface area (Å²) < 4.78 is -0.513. The van der Waals surface area contributed by atoms with Gasteiger partial charge in [-0.25, -0.2) is 4.79 Å². The van der Waals surface area contributed by atoms with Crippen LogP contribution in [0.2, 0.25) is 0 Å². The Morgan fingerprint density at radius 2 is 2.08 bits per heavy atom. The van der Waals surface area contributed by atoms with Gasteiger partial charge in [0.05, 0.1) is 0 Å². The van der Waals surface area contributed by atoms with E-state index < -0.39 is 28.7 Å². The smallest absolute Gasteiger partial charge is 0.326 e.